The average Bonchev–Trinajstić information content (AvgIpc) is 3.72. The Morgan fingerprint density at radius 3 is 2.44 bits per heavy atom. The molecule has 32 heavy (non-hydrogen) atoms. The van der Waals surface area contributed by atoms with Crippen molar-refractivity contribution < 1.29 is 9.18 Å². The van der Waals surface area contributed by atoms with Gasteiger partial charge in [-0.25, -0.2) is 13.9 Å². The lowest BCUT2D eigenvalue weighted by Gasteiger charge is -2.11. The predicted molar refractivity (Wildman–Crippen MR) is 122 cm³/mol. The summed E-state index contributed by atoms with van der Waals surface area (Å²) in [6, 6.07) is 15.7. The van der Waals surface area contributed by atoms with Gasteiger partial charge in [0, 0.05) is 40.5 Å². The molecule has 0 unspecified atom stereocenters. The minimum Gasteiger partial charge on any atom is -0.308 e. The monoisotopic (exact) mass is 427 g/mol. The number of hydrogen-bond donors (Lipinski definition) is 2. The number of hydrogen-bond acceptors (Lipinski definition) is 3. The Labute approximate surface area is 184 Å². The van der Waals surface area contributed by atoms with Crippen molar-refractivity contribution >= 4 is 28.3 Å². The molecule has 0 atom stereocenters. The summed E-state index contributed by atoms with van der Waals surface area (Å²) in [7, 11) is 0. The fraction of sp³-hybridized carbons (Fsp3) is 0.240. The molecule has 2 saturated carbocycles. The summed E-state index contributed by atoms with van der Waals surface area (Å²) < 4.78 is 16.8. The van der Waals surface area contributed by atoms with E-state index in [4.69, 9.17) is 5.10 Å². The summed E-state index contributed by atoms with van der Waals surface area (Å²) in [5, 5.41) is 11.1. The average molecular weight is 427 g/mol. The van der Waals surface area contributed by atoms with Gasteiger partial charge in [-0.15, -0.1) is 0 Å². The van der Waals surface area contributed by atoms with Crippen LogP contribution >= 0.6 is 0 Å². The third-order valence-corrected chi connectivity index (χ3v) is 6.04. The third kappa shape index (κ3) is 3.70. The Hall–Kier alpha value is -3.74. The Balaban J connectivity index is 1.20. The minimum absolute atomic E-state index is 0.383. The van der Waals surface area contributed by atoms with Crippen LogP contribution in [0.4, 0.5) is 20.6 Å². The van der Waals surface area contributed by atoms with E-state index in [1.165, 1.54) is 6.07 Å². The van der Waals surface area contributed by atoms with Crippen LogP contribution in [0.15, 0.2) is 60.8 Å². The van der Waals surface area contributed by atoms with Crippen molar-refractivity contribution in [1.29, 1.82) is 0 Å². The van der Waals surface area contributed by atoms with Crippen molar-refractivity contribution in [2.24, 2.45) is 0 Å². The topological polar surface area (TPSA) is 71.8 Å². The van der Waals surface area contributed by atoms with Crippen LogP contribution in [0.1, 0.15) is 48.9 Å². The maximum Gasteiger partial charge on any atom is 0.323 e. The number of aromatic nitrogens is 3. The molecule has 2 aromatic heterocycles. The van der Waals surface area contributed by atoms with E-state index in [9.17, 15) is 4.79 Å². The molecule has 0 spiro atoms. The summed E-state index contributed by atoms with van der Waals surface area (Å²) in [5.74, 6) is 0.578. The summed E-state index contributed by atoms with van der Waals surface area (Å²) >= 11 is 0. The van der Waals surface area contributed by atoms with Crippen LogP contribution in [0.3, 0.4) is 0 Å². The van der Waals surface area contributed by atoms with Crippen molar-refractivity contribution in [3.8, 4) is 5.69 Å². The van der Waals surface area contributed by atoms with Gasteiger partial charge in [-0.2, -0.15) is 5.10 Å². The number of nitrogens with zero attached hydrogens (tertiary/aromatic N) is 3. The van der Waals surface area contributed by atoms with Gasteiger partial charge in [0.05, 0.1) is 11.2 Å². The molecule has 6 nitrogen and oxygen atoms in total. The molecule has 2 N–H and O–H groups in total. The van der Waals surface area contributed by atoms with Gasteiger partial charge < -0.3 is 10.6 Å². The first-order valence-electron chi connectivity index (χ1n) is 11.0. The van der Waals surface area contributed by atoms with E-state index in [0.29, 0.717) is 28.9 Å². The van der Waals surface area contributed by atoms with Crippen LogP contribution in [-0.4, -0.2) is 20.8 Å². The van der Waals surface area contributed by atoms with Crippen molar-refractivity contribution in [1.82, 2.24) is 14.8 Å². The summed E-state index contributed by atoms with van der Waals surface area (Å²) in [4.78, 5) is 16.7. The number of carbonyl (C=O) groups is 1. The first kappa shape index (κ1) is 19.0. The van der Waals surface area contributed by atoms with Gasteiger partial charge in [0.1, 0.15) is 5.69 Å². The highest BCUT2D eigenvalue weighted by atomic mass is 19.1. The maximum absolute atomic E-state index is 15.0. The SMILES string of the molecule is O=C(Nc1ccc(-n2nc(C3CC3)cc2C2CC2)c(F)c1)Nc1ccc2ncccc2c1. The van der Waals surface area contributed by atoms with Gasteiger partial charge in [0.2, 0.25) is 0 Å². The van der Waals surface area contributed by atoms with Gasteiger partial charge >= 0.3 is 6.03 Å². The van der Waals surface area contributed by atoms with Crippen LogP contribution in [-0.2, 0) is 0 Å². The fourth-order valence-corrected chi connectivity index (χ4v) is 4.06. The highest BCUT2D eigenvalue weighted by Crippen LogP contribution is 2.45. The second kappa shape index (κ2) is 7.44. The lowest BCUT2D eigenvalue weighted by atomic mass is 10.2. The number of fused-ring (bicyclic) bond motifs is 1. The van der Waals surface area contributed by atoms with E-state index in [0.717, 1.165) is 48.0 Å². The highest BCUT2D eigenvalue weighted by molar-refractivity contribution is 6.01. The van der Waals surface area contributed by atoms with E-state index in [1.54, 1.807) is 29.1 Å². The Morgan fingerprint density at radius 1 is 0.938 bits per heavy atom. The van der Waals surface area contributed by atoms with Crippen molar-refractivity contribution in [3.05, 3.63) is 78.0 Å². The maximum atomic E-state index is 15.0. The molecule has 160 valence electrons. The summed E-state index contributed by atoms with van der Waals surface area (Å²) in [6.45, 7) is 0. The van der Waals surface area contributed by atoms with Crippen LogP contribution in [0.2, 0.25) is 0 Å². The van der Waals surface area contributed by atoms with Gasteiger partial charge in [-0.1, -0.05) is 6.07 Å². The highest BCUT2D eigenvalue weighted by Gasteiger charge is 2.33. The van der Waals surface area contributed by atoms with Gasteiger partial charge in [0.25, 0.3) is 0 Å². The van der Waals surface area contributed by atoms with Crippen LogP contribution < -0.4 is 10.6 Å². The molecule has 2 aliphatic rings. The van der Waals surface area contributed by atoms with E-state index in [1.807, 2.05) is 24.3 Å². The number of carbonyl (C=O) groups excluding carboxylic acids is 1. The molecule has 7 heteroatoms. The number of halogens is 1. The Bertz CT molecular complexity index is 1340. The Kier molecular flexibility index (Phi) is 4.41. The molecular weight excluding hydrogens is 405 g/mol. The first-order valence-corrected chi connectivity index (χ1v) is 11.0. The molecule has 0 aliphatic heterocycles. The molecule has 2 fully saturated rings. The zero-order chi connectivity index (χ0) is 21.7. The lowest BCUT2D eigenvalue weighted by molar-refractivity contribution is 0.262. The van der Waals surface area contributed by atoms with Crippen LogP contribution in [0.5, 0.6) is 0 Å². The standard InChI is InChI=1S/C25H22FN5O/c26-20-13-19(29-25(32)28-18-7-9-21-17(12-18)2-1-11-27-21)8-10-23(20)31-24(16-5-6-16)14-22(30-31)15-3-4-15/h1-2,7-16H,3-6H2,(H2,28,29,32). The molecule has 2 aromatic carbocycles. The third-order valence-electron chi connectivity index (χ3n) is 6.04. The molecular formula is C25H22FN5O. The van der Waals surface area contributed by atoms with E-state index < -0.39 is 11.8 Å². The number of amides is 2. The zero-order valence-corrected chi connectivity index (χ0v) is 17.4. The second-order valence-corrected chi connectivity index (χ2v) is 8.61. The quantitative estimate of drug-likeness (QED) is 0.413. The van der Waals surface area contributed by atoms with Gasteiger partial charge in [-0.3, -0.25) is 4.98 Å². The minimum atomic E-state index is -0.436. The second-order valence-electron chi connectivity index (χ2n) is 8.61. The van der Waals surface area contributed by atoms with Crippen LogP contribution in [0, 0.1) is 5.82 Å². The lowest BCUT2D eigenvalue weighted by Crippen LogP contribution is -2.19. The Morgan fingerprint density at radius 2 is 1.69 bits per heavy atom. The molecule has 2 heterocycles. The predicted octanol–water partition coefficient (Wildman–Crippen LogP) is 5.96. The number of rotatable bonds is 5. The van der Waals surface area contributed by atoms with Gasteiger partial charge in [-0.05, 0) is 74.2 Å². The number of pyridine rings is 1. The van der Waals surface area contributed by atoms with Crippen molar-refractivity contribution in [2.75, 3.05) is 10.6 Å². The molecule has 6 rings (SSSR count). The normalized spacial score (nSPS) is 15.7. The molecule has 0 radical (unpaired) electrons. The van der Waals surface area contributed by atoms with E-state index in [-0.39, 0.29) is 0 Å². The zero-order valence-electron chi connectivity index (χ0n) is 17.4. The van der Waals surface area contributed by atoms with E-state index >= 15 is 4.39 Å². The summed E-state index contributed by atoms with van der Waals surface area (Å²) in [6.07, 6.45) is 6.30. The molecule has 0 saturated heterocycles. The molecule has 4 aromatic rings. The number of anilines is 2. The first-order chi connectivity index (χ1) is 15.6. The van der Waals surface area contributed by atoms with Crippen LogP contribution in [0.25, 0.3) is 16.6 Å². The van der Waals surface area contributed by atoms with Crippen molar-refractivity contribution in [3.63, 3.8) is 0 Å². The molecule has 2 aliphatic carbocycles. The van der Waals surface area contributed by atoms with Crippen molar-refractivity contribution in [2.45, 2.75) is 37.5 Å². The van der Waals surface area contributed by atoms with Gasteiger partial charge in [0.15, 0.2) is 5.82 Å². The number of urea groups is 1. The van der Waals surface area contributed by atoms with E-state index in [2.05, 4.69) is 21.7 Å². The molecule has 2 amide bonds. The molecule has 0 bridgehead atoms. The number of benzene rings is 2. The summed E-state index contributed by atoms with van der Waals surface area (Å²) in [5.41, 5.74) is 4.46. The number of nitrogens with one attached hydrogen (secondary N) is 2. The largest absolute Gasteiger partial charge is 0.323 e. The fourth-order valence-electron chi connectivity index (χ4n) is 4.06. The smallest absolute Gasteiger partial charge is 0.308 e.